The molecule has 2 amide bonds. The summed E-state index contributed by atoms with van der Waals surface area (Å²) in [5.74, 6) is 0.685. The summed E-state index contributed by atoms with van der Waals surface area (Å²) in [6.45, 7) is 1.73. The number of hydrogen-bond donors (Lipinski definition) is 2. The van der Waals surface area contributed by atoms with Gasteiger partial charge in [0.15, 0.2) is 0 Å². The molecule has 0 aliphatic heterocycles. The van der Waals surface area contributed by atoms with Crippen molar-refractivity contribution in [3.63, 3.8) is 0 Å². The van der Waals surface area contributed by atoms with Crippen LogP contribution in [0.15, 0.2) is 78.9 Å². The van der Waals surface area contributed by atoms with Gasteiger partial charge in [-0.3, -0.25) is 9.59 Å². The highest BCUT2D eigenvalue weighted by Gasteiger charge is 2.14. The second kappa shape index (κ2) is 12.9. The predicted octanol–water partition coefficient (Wildman–Crippen LogP) is 4.16. The Morgan fingerprint density at radius 3 is 2.36 bits per heavy atom. The molecule has 0 heterocycles. The fourth-order valence-electron chi connectivity index (χ4n) is 3.07. The van der Waals surface area contributed by atoms with Crippen LogP contribution >= 0.6 is 0 Å². The Hall–Kier alpha value is -3.84. The summed E-state index contributed by atoms with van der Waals surface area (Å²) < 4.78 is 16.4. The number of anilines is 1. The summed E-state index contributed by atoms with van der Waals surface area (Å²) in [5, 5.41) is 5.67. The highest BCUT2D eigenvalue weighted by atomic mass is 16.5. The van der Waals surface area contributed by atoms with E-state index >= 15 is 0 Å². The van der Waals surface area contributed by atoms with Crippen molar-refractivity contribution in [1.82, 2.24) is 5.32 Å². The fourth-order valence-corrected chi connectivity index (χ4v) is 3.07. The second-order valence-corrected chi connectivity index (χ2v) is 7.14. The van der Waals surface area contributed by atoms with Crippen molar-refractivity contribution < 1.29 is 23.8 Å². The molecule has 3 rings (SSSR count). The molecule has 3 aromatic carbocycles. The zero-order valence-corrected chi connectivity index (χ0v) is 18.6. The summed E-state index contributed by atoms with van der Waals surface area (Å²) in [7, 11) is 1.62. The van der Waals surface area contributed by atoms with Crippen molar-refractivity contribution >= 4 is 17.5 Å². The number of nitrogens with one attached hydrogen (secondary N) is 2. The smallest absolute Gasteiger partial charge is 0.259 e. The number of ether oxygens (including phenoxy) is 3. The zero-order chi connectivity index (χ0) is 23.3. The van der Waals surface area contributed by atoms with E-state index in [4.69, 9.17) is 14.2 Å². The topological polar surface area (TPSA) is 85.9 Å². The minimum atomic E-state index is -0.327. The standard InChI is InChI=1S/C26H28N2O5/c1-31-16-8-15-27-25(29)20-9-7-10-21(19-20)28-26(30)23-13-5-6-14-24(23)33-18-17-32-22-11-3-2-4-12-22/h2-7,9-14,19H,8,15-18H2,1H3,(H,27,29)(H,28,30). The Bertz CT molecular complexity index is 1040. The molecule has 0 atom stereocenters. The average molecular weight is 449 g/mol. The van der Waals surface area contributed by atoms with Crippen LogP contribution in [0.1, 0.15) is 27.1 Å². The molecule has 0 saturated carbocycles. The van der Waals surface area contributed by atoms with Crippen LogP contribution in [-0.4, -0.2) is 45.3 Å². The highest BCUT2D eigenvalue weighted by molar-refractivity contribution is 6.06. The van der Waals surface area contributed by atoms with Gasteiger partial charge in [0.2, 0.25) is 0 Å². The summed E-state index contributed by atoms with van der Waals surface area (Å²) in [4.78, 5) is 25.2. The molecular weight excluding hydrogens is 420 g/mol. The van der Waals surface area contributed by atoms with Crippen LogP contribution in [0, 0.1) is 0 Å². The van der Waals surface area contributed by atoms with Crippen LogP contribution < -0.4 is 20.1 Å². The summed E-state index contributed by atoms with van der Waals surface area (Å²) in [6.07, 6.45) is 0.728. The monoisotopic (exact) mass is 448 g/mol. The normalized spacial score (nSPS) is 10.3. The van der Waals surface area contributed by atoms with Crippen molar-refractivity contribution in [2.75, 3.05) is 38.8 Å². The summed E-state index contributed by atoms with van der Waals surface area (Å²) in [5.41, 5.74) is 1.38. The zero-order valence-electron chi connectivity index (χ0n) is 18.6. The van der Waals surface area contributed by atoms with Crippen LogP contribution in [0.5, 0.6) is 11.5 Å². The fraction of sp³-hybridized carbons (Fsp3) is 0.231. The van der Waals surface area contributed by atoms with E-state index in [1.165, 1.54) is 0 Å². The van der Waals surface area contributed by atoms with E-state index in [9.17, 15) is 9.59 Å². The Kier molecular flexibility index (Phi) is 9.29. The summed E-state index contributed by atoms with van der Waals surface area (Å²) in [6, 6.07) is 23.3. The Labute approximate surface area is 193 Å². The first kappa shape index (κ1) is 23.8. The lowest BCUT2D eigenvalue weighted by atomic mass is 10.1. The molecule has 0 aliphatic carbocycles. The van der Waals surface area contributed by atoms with E-state index in [-0.39, 0.29) is 18.4 Å². The SMILES string of the molecule is COCCCNC(=O)c1cccc(NC(=O)c2ccccc2OCCOc2ccccc2)c1. The number of carbonyl (C=O) groups excluding carboxylic acids is 2. The first-order chi connectivity index (χ1) is 16.2. The van der Waals surface area contributed by atoms with Gasteiger partial charge in [0.1, 0.15) is 24.7 Å². The molecule has 3 aromatic rings. The van der Waals surface area contributed by atoms with E-state index in [0.29, 0.717) is 42.3 Å². The molecule has 172 valence electrons. The number of carbonyl (C=O) groups is 2. The third-order valence-electron chi connectivity index (χ3n) is 4.68. The second-order valence-electron chi connectivity index (χ2n) is 7.14. The van der Waals surface area contributed by atoms with Crippen molar-refractivity contribution in [2.45, 2.75) is 6.42 Å². The molecule has 0 fully saturated rings. The van der Waals surface area contributed by atoms with Gasteiger partial charge < -0.3 is 24.8 Å². The van der Waals surface area contributed by atoms with Gasteiger partial charge in [-0.2, -0.15) is 0 Å². The molecule has 0 bridgehead atoms. The average Bonchev–Trinajstić information content (AvgIpc) is 2.85. The van der Waals surface area contributed by atoms with Gasteiger partial charge in [0.25, 0.3) is 11.8 Å². The maximum atomic E-state index is 12.9. The van der Waals surface area contributed by atoms with Crippen LogP contribution in [-0.2, 0) is 4.74 Å². The molecule has 0 saturated heterocycles. The number of hydrogen-bond acceptors (Lipinski definition) is 5. The Morgan fingerprint density at radius 1 is 0.788 bits per heavy atom. The molecule has 7 nitrogen and oxygen atoms in total. The van der Waals surface area contributed by atoms with Gasteiger partial charge in [-0.25, -0.2) is 0 Å². The van der Waals surface area contributed by atoms with Gasteiger partial charge in [-0.05, 0) is 48.9 Å². The van der Waals surface area contributed by atoms with Crippen LogP contribution in [0.2, 0.25) is 0 Å². The number of methoxy groups -OCH3 is 1. The largest absolute Gasteiger partial charge is 0.490 e. The first-order valence-corrected chi connectivity index (χ1v) is 10.8. The number of benzene rings is 3. The van der Waals surface area contributed by atoms with Crippen molar-refractivity contribution in [1.29, 1.82) is 0 Å². The Balaban J connectivity index is 1.56. The predicted molar refractivity (Wildman–Crippen MR) is 127 cm³/mol. The van der Waals surface area contributed by atoms with Crippen LogP contribution in [0.4, 0.5) is 5.69 Å². The number of para-hydroxylation sites is 2. The van der Waals surface area contributed by atoms with Crippen molar-refractivity contribution in [2.24, 2.45) is 0 Å². The lowest BCUT2D eigenvalue weighted by Gasteiger charge is -2.13. The minimum Gasteiger partial charge on any atom is -0.490 e. The lowest BCUT2D eigenvalue weighted by molar-refractivity contribution is 0.0947. The van der Waals surface area contributed by atoms with Crippen molar-refractivity contribution in [3.05, 3.63) is 90.0 Å². The maximum Gasteiger partial charge on any atom is 0.259 e. The third kappa shape index (κ3) is 7.66. The molecular formula is C26H28N2O5. The molecule has 0 unspecified atom stereocenters. The molecule has 0 spiro atoms. The summed E-state index contributed by atoms with van der Waals surface area (Å²) >= 11 is 0. The molecule has 2 N–H and O–H groups in total. The van der Waals surface area contributed by atoms with E-state index in [0.717, 1.165) is 12.2 Å². The van der Waals surface area contributed by atoms with Crippen LogP contribution in [0.3, 0.4) is 0 Å². The molecule has 0 aliphatic rings. The molecule has 7 heteroatoms. The Morgan fingerprint density at radius 2 is 1.55 bits per heavy atom. The first-order valence-electron chi connectivity index (χ1n) is 10.8. The number of rotatable bonds is 12. The van der Waals surface area contributed by atoms with Gasteiger partial charge in [-0.15, -0.1) is 0 Å². The van der Waals surface area contributed by atoms with Gasteiger partial charge >= 0.3 is 0 Å². The third-order valence-corrected chi connectivity index (χ3v) is 4.68. The molecule has 0 aromatic heterocycles. The van der Waals surface area contributed by atoms with Gasteiger partial charge in [-0.1, -0.05) is 36.4 Å². The van der Waals surface area contributed by atoms with E-state index in [1.807, 2.05) is 30.3 Å². The minimum absolute atomic E-state index is 0.204. The molecule has 0 radical (unpaired) electrons. The molecule has 33 heavy (non-hydrogen) atoms. The van der Waals surface area contributed by atoms with Crippen molar-refractivity contribution in [3.8, 4) is 11.5 Å². The van der Waals surface area contributed by atoms with E-state index in [1.54, 1.807) is 55.6 Å². The lowest BCUT2D eigenvalue weighted by Crippen LogP contribution is -2.25. The van der Waals surface area contributed by atoms with Gasteiger partial charge in [0, 0.05) is 31.5 Å². The number of amides is 2. The van der Waals surface area contributed by atoms with Gasteiger partial charge in [0.05, 0.1) is 5.56 Å². The van der Waals surface area contributed by atoms with E-state index < -0.39 is 0 Å². The quantitative estimate of drug-likeness (QED) is 0.406. The highest BCUT2D eigenvalue weighted by Crippen LogP contribution is 2.20. The maximum absolute atomic E-state index is 12.9. The van der Waals surface area contributed by atoms with Crippen LogP contribution in [0.25, 0.3) is 0 Å². The van der Waals surface area contributed by atoms with E-state index in [2.05, 4.69) is 10.6 Å².